The first kappa shape index (κ1) is 25.0. The van der Waals surface area contributed by atoms with Gasteiger partial charge in [0.2, 0.25) is 17.7 Å². The van der Waals surface area contributed by atoms with Crippen LogP contribution in [0, 0.1) is 12.8 Å². The number of carbonyl (C=O) groups is 3. The Morgan fingerprint density at radius 2 is 1.97 bits per heavy atom. The summed E-state index contributed by atoms with van der Waals surface area (Å²) in [5.41, 5.74) is 12.0. The van der Waals surface area contributed by atoms with Crippen molar-refractivity contribution >= 4 is 23.5 Å². The number of carbonyl (C=O) groups excluding carboxylic acids is 3. The lowest BCUT2D eigenvalue weighted by atomic mass is 9.95. The van der Waals surface area contributed by atoms with E-state index < -0.39 is 47.5 Å². The summed E-state index contributed by atoms with van der Waals surface area (Å²) in [7, 11) is 0. The molecule has 1 fully saturated rings. The number of nitrogens with two attached hydrogens (primary N) is 2. The fraction of sp³-hybridized carbons (Fsp3) is 0.391. The molecule has 0 radical (unpaired) electrons. The highest BCUT2D eigenvalue weighted by atomic mass is 19.4. The molecular formula is C23H26F3N5O3. The van der Waals surface area contributed by atoms with Gasteiger partial charge in [0, 0.05) is 18.2 Å². The van der Waals surface area contributed by atoms with Gasteiger partial charge in [0.05, 0.1) is 5.56 Å². The van der Waals surface area contributed by atoms with Gasteiger partial charge in [-0.05, 0) is 49.9 Å². The monoisotopic (exact) mass is 477 g/mol. The van der Waals surface area contributed by atoms with E-state index in [1.165, 1.54) is 19.1 Å². The number of rotatable bonds is 7. The maximum Gasteiger partial charge on any atom is 0.416 e. The van der Waals surface area contributed by atoms with E-state index in [1.54, 1.807) is 19.1 Å². The van der Waals surface area contributed by atoms with Gasteiger partial charge in [0.25, 0.3) is 0 Å². The van der Waals surface area contributed by atoms with Gasteiger partial charge in [-0.3, -0.25) is 14.4 Å². The first-order chi connectivity index (χ1) is 15.9. The number of likely N-dealkylation sites (tertiary alicyclic amines) is 1. The lowest BCUT2D eigenvalue weighted by Gasteiger charge is -2.28. The summed E-state index contributed by atoms with van der Waals surface area (Å²) in [6.45, 7) is 3.36. The van der Waals surface area contributed by atoms with Crippen LogP contribution < -0.4 is 16.8 Å². The van der Waals surface area contributed by atoms with Crippen molar-refractivity contribution in [3.05, 3.63) is 58.8 Å². The fourth-order valence-corrected chi connectivity index (χ4v) is 4.14. The van der Waals surface area contributed by atoms with E-state index in [0.29, 0.717) is 17.1 Å². The summed E-state index contributed by atoms with van der Waals surface area (Å²) in [6, 6.07) is 5.96. The Balaban J connectivity index is 1.73. The van der Waals surface area contributed by atoms with Gasteiger partial charge < -0.3 is 21.7 Å². The zero-order valence-corrected chi connectivity index (χ0v) is 18.7. The molecule has 1 aromatic carbocycles. The summed E-state index contributed by atoms with van der Waals surface area (Å²) in [4.78, 5) is 43.2. The van der Waals surface area contributed by atoms with Gasteiger partial charge in [0.1, 0.15) is 17.9 Å². The quantitative estimate of drug-likeness (QED) is 0.561. The Morgan fingerprint density at radius 1 is 1.26 bits per heavy atom. The number of alkyl halides is 3. The molecule has 0 aliphatic carbocycles. The molecule has 3 rings (SSSR count). The van der Waals surface area contributed by atoms with Crippen molar-refractivity contribution in [1.29, 1.82) is 0 Å². The topological polar surface area (TPSA) is 131 Å². The van der Waals surface area contributed by atoms with Gasteiger partial charge in [-0.15, -0.1) is 0 Å². The molecule has 34 heavy (non-hydrogen) atoms. The Bertz CT molecular complexity index is 1110. The van der Waals surface area contributed by atoms with Gasteiger partial charge in [-0.1, -0.05) is 24.3 Å². The minimum absolute atomic E-state index is 0.00628. The highest BCUT2D eigenvalue weighted by Gasteiger charge is 2.46. The largest absolute Gasteiger partial charge is 0.416 e. The minimum Gasteiger partial charge on any atom is -0.384 e. The van der Waals surface area contributed by atoms with Crippen LogP contribution in [-0.4, -0.2) is 39.7 Å². The molecular weight excluding hydrogens is 451 g/mol. The molecule has 1 aromatic heterocycles. The van der Waals surface area contributed by atoms with E-state index in [-0.39, 0.29) is 19.4 Å². The summed E-state index contributed by atoms with van der Waals surface area (Å²) in [5, 5.41) is 2.71. The van der Waals surface area contributed by atoms with Crippen LogP contribution in [0.15, 0.2) is 36.4 Å². The predicted octanol–water partition coefficient (Wildman–Crippen LogP) is 1.94. The number of nitrogens with zero attached hydrogens (tertiary/aromatic N) is 2. The molecule has 2 heterocycles. The standard InChI is InChI=1S/C23H26F3N5O3/c1-12-15(6-7-19(27)30-12)11-29-21(33)13(2)31-18(20(28)32)10-16(22(31)34)8-14-4-3-5-17(9-14)23(24,25)26/h3-7,9,13,16,18H,8,10-11H2,1-2H3,(H2,27,30)(H2,28,32)(H,29,33)/t13-,16?,18?/m0/s1. The molecule has 11 heteroatoms. The van der Waals surface area contributed by atoms with Crippen molar-refractivity contribution in [2.24, 2.45) is 11.7 Å². The molecule has 8 nitrogen and oxygen atoms in total. The average Bonchev–Trinajstić information content (AvgIpc) is 3.08. The SMILES string of the molecule is Cc1nc(N)ccc1CNC(=O)[C@H](C)N1C(=O)C(Cc2cccc(C(F)(F)F)c2)CC1C(N)=O. The molecule has 2 aromatic rings. The van der Waals surface area contributed by atoms with Crippen LogP contribution in [0.3, 0.4) is 0 Å². The highest BCUT2D eigenvalue weighted by Crippen LogP contribution is 2.33. The molecule has 1 aliphatic heterocycles. The number of hydrogen-bond acceptors (Lipinski definition) is 5. The Kier molecular flexibility index (Phi) is 7.13. The number of halogens is 3. The van der Waals surface area contributed by atoms with Crippen LogP contribution >= 0.6 is 0 Å². The summed E-state index contributed by atoms with van der Waals surface area (Å²) < 4.78 is 39.1. The van der Waals surface area contributed by atoms with Crippen molar-refractivity contribution in [3.63, 3.8) is 0 Å². The lowest BCUT2D eigenvalue weighted by molar-refractivity contribution is -0.143. The maximum atomic E-state index is 13.1. The smallest absolute Gasteiger partial charge is 0.384 e. The number of aryl methyl sites for hydroxylation is 1. The zero-order valence-electron chi connectivity index (χ0n) is 18.7. The van der Waals surface area contributed by atoms with Crippen LogP contribution in [0.2, 0.25) is 0 Å². The van der Waals surface area contributed by atoms with Gasteiger partial charge >= 0.3 is 6.18 Å². The number of anilines is 1. The van der Waals surface area contributed by atoms with Crippen molar-refractivity contribution in [2.75, 3.05) is 5.73 Å². The number of amides is 3. The molecule has 5 N–H and O–H groups in total. The van der Waals surface area contributed by atoms with E-state index >= 15 is 0 Å². The normalized spacial score (nSPS) is 19.2. The predicted molar refractivity (Wildman–Crippen MR) is 118 cm³/mol. The molecule has 3 atom stereocenters. The summed E-state index contributed by atoms with van der Waals surface area (Å²) in [5.74, 6) is -2.22. The van der Waals surface area contributed by atoms with Crippen molar-refractivity contribution in [2.45, 2.75) is 51.5 Å². The first-order valence-electron chi connectivity index (χ1n) is 10.7. The second-order valence-corrected chi connectivity index (χ2v) is 8.37. The number of aromatic nitrogens is 1. The van der Waals surface area contributed by atoms with Gasteiger partial charge in [-0.2, -0.15) is 13.2 Å². The number of primary amides is 1. The van der Waals surface area contributed by atoms with Crippen LogP contribution in [0.25, 0.3) is 0 Å². The third-order valence-electron chi connectivity index (χ3n) is 5.98. The van der Waals surface area contributed by atoms with Crippen molar-refractivity contribution in [1.82, 2.24) is 15.2 Å². The molecule has 0 bridgehead atoms. The Labute approximate surface area is 194 Å². The number of pyridine rings is 1. The second kappa shape index (κ2) is 9.70. The van der Waals surface area contributed by atoms with E-state index in [1.807, 2.05) is 0 Å². The maximum absolute atomic E-state index is 13.1. The van der Waals surface area contributed by atoms with E-state index in [0.717, 1.165) is 22.6 Å². The van der Waals surface area contributed by atoms with E-state index in [9.17, 15) is 27.6 Å². The molecule has 0 spiro atoms. The zero-order chi connectivity index (χ0) is 25.2. The first-order valence-corrected chi connectivity index (χ1v) is 10.7. The third-order valence-corrected chi connectivity index (χ3v) is 5.98. The third kappa shape index (κ3) is 5.46. The van der Waals surface area contributed by atoms with Crippen LogP contribution in [-0.2, 0) is 33.5 Å². The van der Waals surface area contributed by atoms with Crippen molar-refractivity contribution in [3.8, 4) is 0 Å². The van der Waals surface area contributed by atoms with Gasteiger partial charge in [-0.25, -0.2) is 4.98 Å². The molecule has 0 saturated carbocycles. The molecule has 3 amide bonds. The van der Waals surface area contributed by atoms with Crippen LogP contribution in [0.1, 0.15) is 35.7 Å². The highest BCUT2D eigenvalue weighted by molar-refractivity contribution is 5.95. The lowest BCUT2D eigenvalue weighted by Crippen LogP contribution is -2.52. The second-order valence-electron chi connectivity index (χ2n) is 8.37. The average molecular weight is 477 g/mol. The molecule has 1 aliphatic rings. The van der Waals surface area contributed by atoms with Crippen molar-refractivity contribution < 1.29 is 27.6 Å². The van der Waals surface area contributed by atoms with Crippen LogP contribution in [0.4, 0.5) is 19.0 Å². The number of nitrogen functional groups attached to an aromatic ring is 1. The van der Waals surface area contributed by atoms with E-state index in [4.69, 9.17) is 11.5 Å². The number of hydrogen-bond donors (Lipinski definition) is 3. The molecule has 1 saturated heterocycles. The summed E-state index contributed by atoms with van der Waals surface area (Å²) >= 11 is 0. The Hall–Kier alpha value is -3.63. The van der Waals surface area contributed by atoms with Gasteiger partial charge in [0.15, 0.2) is 0 Å². The molecule has 182 valence electrons. The minimum atomic E-state index is -4.51. The summed E-state index contributed by atoms with van der Waals surface area (Å²) in [6.07, 6.45) is -4.50. The van der Waals surface area contributed by atoms with E-state index in [2.05, 4.69) is 10.3 Å². The Morgan fingerprint density at radius 3 is 2.59 bits per heavy atom. The number of benzene rings is 1. The number of nitrogens with one attached hydrogen (secondary N) is 1. The fourth-order valence-electron chi connectivity index (χ4n) is 4.14. The van der Waals surface area contributed by atoms with Crippen LogP contribution in [0.5, 0.6) is 0 Å². The molecule has 2 unspecified atom stereocenters.